The van der Waals surface area contributed by atoms with Gasteiger partial charge in [-0.3, -0.25) is 0 Å². The predicted octanol–water partition coefficient (Wildman–Crippen LogP) is 8.83. The second kappa shape index (κ2) is 8.19. The van der Waals surface area contributed by atoms with Gasteiger partial charge >= 0.3 is 0 Å². The van der Waals surface area contributed by atoms with E-state index in [-0.39, 0.29) is 0 Å². The first-order chi connectivity index (χ1) is 18.8. The number of hydrogen-bond donors (Lipinski definition) is 0. The lowest BCUT2D eigenvalue weighted by Gasteiger charge is -2.11. The number of nitrogens with zero attached hydrogens (tertiary/aromatic N) is 3. The molecular weight excluding hydrogens is 462 g/mol. The quantitative estimate of drug-likeness (QED) is 0.252. The maximum absolute atomic E-state index is 5.01. The van der Waals surface area contributed by atoms with E-state index >= 15 is 0 Å². The van der Waals surface area contributed by atoms with Crippen LogP contribution in [0.25, 0.3) is 78.0 Å². The summed E-state index contributed by atoms with van der Waals surface area (Å²) in [4.78, 5) is 14.9. The molecule has 0 spiro atoms. The van der Waals surface area contributed by atoms with Crippen LogP contribution in [0, 0.1) is 0 Å². The molecule has 7 aromatic rings. The molecule has 3 nitrogen and oxygen atoms in total. The monoisotopic (exact) mass is 483 g/mol. The SMILES string of the molecule is c1ccc(-c2nc(-c3ccccc3)nc(-c3ccc4c5c(cccc35)-c3c-4ccc4ccccc34)n2)cc1. The lowest BCUT2D eigenvalue weighted by atomic mass is 9.97. The van der Waals surface area contributed by atoms with Crippen LogP contribution in [0.15, 0.2) is 127 Å². The van der Waals surface area contributed by atoms with Crippen molar-refractivity contribution in [3.05, 3.63) is 127 Å². The number of benzene rings is 6. The molecule has 1 aliphatic carbocycles. The topological polar surface area (TPSA) is 38.7 Å². The largest absolute Gasteiger partial charge is 0.208 e. The first-order valence-electron chi connectivity index (χ1n) is 12.8. The van der Waals surface area contributed by atoms with Gasteiger partial charge in [0.25, 0.3) is 0 Å². The highest BCUT2D eigenvalue weighted by atomic mass is 15.0. The van der Waals surface area contributed by atoms with Crippen LogP contribution in [0.3, 0.4) is 0 Å². The lowest BCUT2D eigenvalue weighted by molar-refractivity contribution is 1.08. The summed E-state index contributed by atoms with van der Waals surface area (Å²) in [5.74, 6) is 2.03. The van der Waals surface area contributed by atoms with Crippen molar-refractivity contribution >= 4 is 21.5 Å². The third-order valence-corrected chi connectivity index (χ3v) is 7.47. The van der Waals surface area contributed by atoms with Crippen LogP contribution in [0.4, 0.5) is 0 Å². The van der Waals surface area contributed by atoms with Crippen molar-refractivity contribution in [1.82, 2.24) is 15.0 Å². The van der Waals surface area contributed by atoms with Crippen molar-refractivity contribution in [2.75, 3.05) is 0 Å². The molecule has 1 aliphatic rings. The van der Waals surface area contributed by atoms with E-state index in [9.17, 15) is 0 Å². The standard InChI is InChI=1S/C35H21N3/c1-3-11-23(12-4-1)33-36-34(24-13-5-2-6-14-24)38-35(37-33)29-21-20-28-27-19-18-22-10-7-8-15-25(22)31(27)30-17-9-16-26(29)32(28)30/h1-21H. The molecule has 0 saturated heterocycles. The average molecular weight is 484 g/mol. The summed E-state index contributed by atoms with van der Waals surface area (Å²) < 4.78 is 0. The van der Waals surface area contributed by atoms with Gasteiger partial charge in [-0.25, -0.2) is 15.0 Å². The molecule has 0 radical (unpaired) electrons. The predicted molar refractivity (Wildman–Crippen MR) is 156 cm³/mol. The lowest BCUT2D eigenvalue weighted by Crippen LogP contribution is -2.00. The third kappa shape index (κ3) is 3.12. The Morgan fingerprint density at radius 3 is 1.66 bits per heavy atom. The molecule has 0 aliphatic heterocycles. The van der Waals surface area contributed by atoms with E-state index in [1.165, 1.54) is 38.4 Å². The maximum atomic E-state index is 5.01. The minimum atomic E-state index is 0.673. The molecule has 0 unspecified atom stereocenters. The number of rotatable bonds is 3. The van der Waals surface area contributed by atoms with Crippen LogP contribution in [-0.4, -0.2) is 15.0 Å². The Bertz CT molecular complexity index is 1950. The number of fused-ring (bicyclic) bond motifs is 5. The molecule has 0 saturated carbocycles. The molecular formula is C35H21N3. The Morgan fingerprint density at radius 2 is 0.921 bits per heavy atom. The third-order valence-electron chi connectivity index (χ3n) is 7.47. The van der Waals surface area contributed by atoms with Crippen LogP contribution in [0.2, 0.25) is 0 Å². The molecule has 1 aromatic heterocycles. The van der Waals surface area contributed by atoms with Gasteiger partial charge in [0, 0.05) is 16.7 Å². The molecule has 38 heavy (non-hydrogen) atoms. The second-order valence-electron chi connectivity index (χ2n) is 9.64. The van der Waals surface area contributed by atoms with Gasteiger partial charge in [0.2, 0.25) is 0 Å². The normalized spacial score (nSPS) is 11.7. The van der Waals surface area contributed by atoms with Crippen LogP contribution in [0.5, 0.6) is 0 Å². The highest BCUT2D eigenvalue weighted by molar-refractivity contribution is 6.23. The fraction of sp³-hybridized carbons (Fsp3) is 0. The molecule has 0 N–H and O–H groups in total. The minimum absolute atomic E-state index is 0.673. The van der Waals surface area contributed by atoms with E-state index < -0.39 is 0 Å². The zero-order chi connectivity index (χ0) is 25.1. The summed E-state index contributed by atoms with van der Waals surface area (Å²) in [6.45, 7) is 0. The second-order valence-corrected chi connectivity index (χ2v) is 9.64. The van der Waals surface area contributed by atoms with E-state index in [1.54, 1.807) is 0 Å². The van der Waals surface area contributed by atoms with E-state index in [4.69, 9.17) is 15.0 Å². The molecule has 1 heterocycles. The first-order valence-corrected chi connectivity index (χ1v) is 12.8. The summed E-state index contributed by atoms with van der Waals surface area (Å²) in [5, 5.41) is 4.96. The molecule has 0 atom stereocenters. The number of hydrogen-bond acceptors (Lipinski definition) is 3. The minimum Gasteiger partial charge on any atom is -0.208 e. The average Bonchev–Trinajstić information content (AvgIpc) is 3.33. The zero-order valence-corrected chi connectivity index (χ0v) is 20.5. The number of aromatic nitrogens is 3. The van der Waals surface area contributed by atoms with Gasteiger partial charge < -0.3 is 0 Å². The van der Waals surface area contributed by atoms with E-state index in [0.717, 1.165) is 22.1 Å². The van der Waals surface area contributed by atoms with Crippen molar-refractivity contribution in [1.29, 1.82) is 0 Å². The van der Waals surface area contributed by atoms with Gasteiger partial charge in [0.15, 0.2) is 17.5 Å². The van der Waals surface area contributed by atoms with Crippen LogP contribution in [0.1, 0.15) is 0 Å². The van der Waals surface area contributed by atoms with Crippen LogP contribution >= 0.6 is 0 Å². The Balaban J connectivity index is 1.40. The highest BCUT2D eigenvalue weighted by Gasteiger charge is 2.25. The van der Waals surface area contributed by atoms with Crippen LogP contribution in [-0.2, 0) is 0 Å². The summed E-state index contributed by atoms with van der Waals surface area (Å²) in [6.07, 6.45) is 0. The Kier molecular flexibility index (Phi) is 4.52. The van der Waals surface area contributed by atoms with Gasteiger partial charge in [-0.15, -0.1) is 0 Å². The van der Waals surface area contributed by atoms with Crippen molar-refractivity contribution in [3.8, 4) is 56.4 Å². The van der Waals surface area contributed by atoms with Gasteiger partial charge in [-0.1, -0.05) is 121 Å². The molecule has 0 bridgehead atoms. The highest BCUT2D eigenvalue weighted by Crippen LogP contribution is 2.51. The van der Waals surface area contributed by atoms with Gasteiger partial charge in [-0.05, 0) is 49.9 Å². The van der Waals surface area contributed by atoms with Crippen molar-refractivity contribution in [3.63, 3.8) is 0 Å². The summed E-state index contributed by atoms with van der Waals surface area (Å²) >= 11 is 0. The van der Waals surface area contributed by atoms with Crippen molar-refractivity contribution < 1.29 is 0 Å². The Morgan fingerprint density at radius 1 is 0.342 bits per heavy atom. The van der Waals surface area contributed by atoms with Gasteiger partial charge in [0.1, 0.15) is 0 Å². The molecule has 176 valence electrons. The van der Waals surface area contributed by atoms with E-state index in [2.05, 4.69) is 66.7 Å². The van der Waals surface area contributed by atoms with Crippen molar-refractivity contribution in [2.45, 2.75) is 0 Å². The maximum Gasteiger partial charge on any atom is 0.164 e. The fourth-order valence-corrected chi connectivity index (χ4v) is 5.75. The molecule has 8 rings (SSSR count). The first kappa shape index (κ1) is 21.0. The smallest absolute Gasteiger partial charge is 0.164 e. The van der Waals surface area contributed by atoms with Crippen molar-refractivity contribution in [2.24, 2.45) is 0 Å². The van der Waals surface area contributed by atoms with E-state index in [1.807, 2.05) is 60.7 Å². The van der Waals surface area contributed by atoms with Gasteiger partial charge in [-0.2, -0.15) is 0 Å². The molecule has 6 aromatic carbocycles. The summed E-state index contributed by atoms with van der Waals surface area (Å²) in [5.41, 5.74) is 8.08. The molecule has 0 fully saturated rings. The summed E-state index contributed by atoms with van der Waals surface area (Å²) in [7, 11) is 0. The van der Waals surface area contributed by atoms with Gasteiger partial charge in [0.05, 0.1) is 0 Å². The summed E-state index contributed by atoms with van der Waals surface area (Å²) in [6, 6.07) is 44.4. The fourth-order valence-electron chi connectivity index (χ4n) is 5.75. The molecule has 3 heteroatoms. The Hall–Kier alpha value is -5.15. The van der Waals surface area contributed by atoms with Crippen LogP contribution < -0.4 is 0 Å². The Labute approximate surface area is 220 Å². The zero-order valence-electron chi connectivity index (χ0n) is 20.5. The molecule has 0 amide bonds. The van der Waals surface area contributed by atoms with E-state index in [0.29, 0.717) is 17.5 Å².